The van der Waals surface area contributed by atoms with Crippen LogP contribution in [0, 0.1) is 0 Å². The lowest BCUT2D eigenvalue weighted by atomic mass is 9.92. The van der Waals surface area contributed by atoms with E-state index in [0.717, 1.165) is 13.0 Å². The van der Waals surface area contributed by atoms with Gasteiger partial charge in [-0.3, -0.25) is 4.90 Å². The fourth-order valence-corrected chi connectivity index (χ4v) is 4.03. The Hall–Kier alpha value is -1.87. The van der Waals surface area contributed by atoms with Gasteiger partial charge in [-0.25, -0.2) is 4.68 Å². The van der Waals surface area contributed by atoms with Crippen molar-refractivity contribution in [3.8, 4) is 5.69 Å². The number of fused-ring (bicyclic) bond motifs is 1. The SMILES string of the molecule is C(/CN1CCCCCC1)=C1\CCCc2c1cnn2-c1ccccc1. The van der Waals surface area contributed by atoms with Gasteiger partial charge in [0, 0.05) is 12.1 Å². The van der Waals surface area contributed by atoms with Crippen LogP contribution in [0.3, 0.4) is 0 Å². The molecule has 0 spiro atoms. The number of nitrogens with zero attached hydrogens (tertiary/aromatic N) is 3. The van der Waals surface area contributed by atoms with Crippen LogP contribution in [0.25, 0.3) is 11.3 Å². The predicted octanol–water partition coefficient (Wildman–Crippen LogP) is 4.47. The third kappa shape index (κ3) is 3.32. The second-order valence-electron chi connectivity index (χ2n) is 7.05. The highest BCUT2D eigenvalue weighted by atomic mass is 15.3. The van der Waals surface area contributed by atoms with E-state index in [2.05, 4.69) is 52.2 Å². The summed E-state index contributed by atoms with van der Waals surface area (Å²) >= 11 is 0. The highest BCUT2D eigenvalue weighted by molar-refractivity contribution is 5.69. The fraction of sp³-hybridized carbons (Fsp3) is 0.476. The molecular weight excluding hydrogens is 294 g/mol. The molecule has 3 heteroatoms. The molecule has 1 aromatic carbocycles. The van der Waals surface area contributed by atoms with Crippen LogP contribution in [-0.4, -0.2) is 34.3 Å². The van der Waals surface area contributed by atoms with Crippen LogP contribution in [0.5, 0.6) is 0 Å². The number of likely N-dealkylation sites (tertiary alicyclic amines) is 1. The van der Waals surface area contributed by atoms with Crippen molar-refractivity contribution in [3.05, 3.63) is 53.9 Å². The maximum atomic E-state index is 4.69. The van der Waals surface area contributed by atoms with Gasteiger partial charge < -0.3 is 0 Å². The molecule has 2 heterocycles. The van der Waals surface area contributed by atoms with Gasteiger partial charge in [-0.15, -0.1) is 0 Å². The summed E-state index contributed by atoms with van der Waals surface area (Å²) in [6.45, 7) is 3.63. The molecule has 3 nitrogen and oxygen atoms in total. The highest BCUT2D eigenvalue weighted by Gasteiger charge is 2.20. The van der Waals surface area contributed by atoms with Gasteiger partial charge in [0.1, 0.15) is 0 Å². The first kappa shape index (κ1) is 15.6. The maximum Gasteiger partial charge on any atom is 0.0649 e. The van der Waals surface area contributed by atoms with Gasteiger partial charge in [-0.1, -0.05) is 37.1 Å². The van der Waals surface area contributed by atoms with E-state index in [0.29, 0.717) is 0 Å². The minimum absolute atomic E-state index is 1.10. The van der Waals surface area contributed by atoms with Crippen LogP contribution in [0.1, 0.15) is 49.8 Å². The first-order chi connectivity index (χ1) is 11.9. The molecule has 0 saturated carbocycles. The van der Waals surface area contributed by atoms with Crippen molar-refractivity contribution in [1.29, 1.82) is 0 Å². The molecule has 2 aromatic rings. The van der Waals surface area contributed by atoms with Crippen LogP contribution in [-0.2, 0) is 6.42 Å². The van der Waals surface area contributed by atoms with Gasteiger partial charge >= 0.3 is 0 Å². The Morgan fingerprint density at radius 3 is 2.50 bits per heavy atom. The van der Waals surface area contributed by atoms with Crippen LogP contribution in [0.4, 0.5) is 0 Å². The number of hydrogen-bond acceptors (Lipinski definition) is 2. The maximum absolute atomic E-state index is 4.69. The number of aromatic nitrogens is 2. The molecule has 2 aliphatic rings. The molecule has 1 aromatic heterocycles. The lowest BCUT2D eigenvalue weighted by Crippen LogP contribution is -2.24. The molecular formula is C21H27N3. The minimum Gasteiger partial charge on any atom is -0.300 e. The van der Waals surface area contributed by atoms with E-state index in [1.165, 1.54) is 74.1 Å². The van der Waals surface area contributed by atoms with Gasteiger partial charge in [-0.2, -0.15) is 5.10 Å². The molecule has 24 heavy (non-hydrogen) atoms. The molecule has 1 aliphatic heterocycles. The standard InChI is InChI=1S/C21H27N3/c1-2-7-15-23(14-6-1)16-13-18-9-8-12-21-20(18)17-22-24(21)19-10-4-3-5-11-19/h3-5,10-11,13,17H,1-2,6-9,12,14-16H2/b18-13-. The first-order valence-electron chi connectivity index (χ1n) is 9.46. The van der Waals surface area contributed by atoms with Crippen LogP contribution in [0.15, 0.2) is 42.6 Å². The lowest BCUT2D eigenvalue weighted by Gasteiger charge is -2.21. The molecule has 0 amide bonds. The molecule has 1 saturated heterocycles. The summed E-state index contributed by atoms with van der Waals surface area (Å²) in [4.78, 5) is 2.62. The highest BCUT2D eigenvalue weighted by Crippen LogP contribution is 2.32. The van der Waals surface area contributed by atoms with Gasteiger partial charge in [0.2, 0.25) is 0 Å². The van der Waals surface area contributed by atoms with Crippen molar-refractivity contribution in [1.82, 2.24) is 14.7 Å². The smallest absolute Gasteiger partial charge is 0.0649 e. The molecule has 0 radical (unpaired) electrons. The normalized spacial score (nSPS) is 20.8. The van der Waals surface area contributed by atoms with Crippen molar-refractivity contribution in [3.63, 3.8) is 0 Å². The minimum atomic E-state index is 1.10. The molecule has 126 valence electrons. The zero-order valence-corrected chi connectivity index (χ0v) is 14.5. The van der Waals surface area contributed by atoms with Gasteiger partial charge in [0.25, 0.3) is 0 Å². The molecule has 0 N–H and O–H groups in total. The largest absolute Gasteiger partial charge is 0.300 e. The monoisotopic (exact) mass is 321 g/mol. The van der Waals surface area contributed by atoms with E-state index in [1.54, 1.807) is 0 Å². The number of allylic oxidation sites excluding steroid dienone is 1. The average Bonchev–Trinajstić information content (AvgIpc) is 2.90. The molecule has 1 fully saturated rings. The van der Waals surface area contributed by atoms with E-state index in [9.17, 15) is 0 Å². The molecule has 1 aliphatic carbocycles. The van der Waals surface area contributed by atoms with E-state index >= 15 is 0 Å². The number of rotatable bonds is 3. The summed E-state index contributed by atoms with van der Waals surface area (Å²) in [7, 11) is 0. The summed E-state index contributed by atoms with van der Waals surface area (Å²) in [6, 6.07) is 10.5. The van der Waals surface area contributed by atoms with Gasteiger partial charge in [0.05, 0.1) is 17.6 Å². The Balaban J connectivity index is 1.55. The van der Waals surface area contributed by atoms with Gasteiger partial charge in [-0.05, 0) is 62.9 Å². The summed E-state index contributed by atoms with van der Waals surface area (Å²) in [5.74, 6) is 0. The van der Waals surface area contributed by atoms with Crippen LogP contribution < -0.4 is 0 Å². The van der Waals surface area contributed by atoms with E-state index in [1.807, 2.05) is 0 Å². The topological polar surface area (TPSA) is 21.1 Å². The van der Waals surface area contributed by atoms with Crippen LogP contribution in [0.2, 0.25) is 0 Å². The summed E-state index contributed by atoms with van der Waals surface area (Å²) in [5, 5.41) is 4.69. The van der Waals surface area contributed by atoms with Gasteiger partial charge in [0.15, 0.2) is 0 Å². The Kier molecular flexibility index (Phi) is 4.79. The summed E-state index contributed by atoms with van der Waals surface area (Å²) < 4.78 is 2.13. The lowest BCUT2D eigenvalue weighted by molar-refractivity contribution is 0.316. The average molecular weight is 321 g/mol. The third-order valence-corrected chi connectivity index (χ3v) is 5.37. The number of benzene rings is 1. The van der Waals surface area contributed by atoms with E-state index < -0.39 is 0 Å². The Labute approximate surface area is 145 Å². The Morgan fingerprint density at radius 2 is 1.71 bits per heavy atom. The van der Waals surface area contributed by atoms with Crippen molar-refractivity contribution < 1.29 is 0 Å². The summed E-state index contributed by atoms with van der Waals surface area (Å²) in [5.41, 5.74) is 5.43. The van der Waals surface area contributed by atoms with Crippen molar-refractivity contribution in [2.24, 2.45) is 0 Å². The zero-order chi connectivity index (χ0) is 16.2. The number of hydrogen-bond donors (Lipinski definition) is 0. The van der Waals surface area contributed by atoms with Crippen molar-refractivity contribution in [2.75, 3.05) is 19.6 Å². The van der Waals surface area contributed by atoms with E-state index in [4.69, 9.17) is 5.10 Å². The molecule has 4 rings (SSSR count). The van der Waals surface area contributed by atoms with Crippen molar-refractivity contribution in [2.45, 2.75) is 44.9 Å². The second-order valence-corrected chi connectivity index (χ2v) is 7.05. The van der Waals surface area contributed by atoms with E-state index in [-0.39, 0.29) is 0 Å². The van der Waals surface area contributed by atoms with Crippen molar-refractivity contribution >= 4 is 5.57 Å². The molecule has 0 atom stereocenters. The Morgan fingerprint density at radius 1 is 0.917 bits per heavy atom. The quantitative estimate of drug-likeness (QED) is 0.832. The zero-order valence-electron chi connectivity index (χ0n) is 14.5. The number of para-hydroxylation sites is 1. The molecule has 0 unspecified atom stereocenters. The first-order valence-corrected chi connectivity index (χ1v) is 9.46. The third-order valence-electron chi connectivity index (χ3n) is 5.37. The van der Waals surface area contributed by atoms with Crippen LogP contribution >= 0.6 is 0 Å². The molecule has 0 bridgehead atoms. The second kappa shape index (κ2) is 7.35. The fourth-order valence-electron chi connectivity index (χ4n) is 4.03. The Bertz CT molecular complexity index is 691. The summed E-state index contributed by atoms with van der Waals surface area (Å²) in [6.07, 6.45) is 13.6. The predicted molar refractivity (Wildman–Crippen MR) is 99.4 cm³/mol.